The second kappa shape index (κ2) is 8.35. The maximum atomic E-state index is 12.9. The minimum atomic E-state index is -0.586. The molecule has 1 heterocycles. The van der Waals surface area contributed by atoms with Crippen molar-refractivity contribution in [2.24, 2.45) is 0 Å². The number of para-hydroxylation sites is 2. The van der Waals surface area contributed by atoms with Gasteiger partial charge in [0.05, 0.1) is 19.0 Å². The maximum absolute atomic E-state index is 12.9. The zero-order chi connectivity index (χ0) is 19.2. The Morgan fingerprint density at radius 2 is 1.78 bits per heavy atom. The fourth-order valence-electron chi connectivity index (χ4n) is 2.82. The molecule has 1 amide bonds. The van der Waals surface area contributed by atoms with Crippen LogP contribution in [0.15, 0.2) is 63.8 Å². The molecular formula is C20H20N2O5. The predicted molar refractivity (Wildman–Crippen MR) is 99.0 cm³/mol. The molecule has 0 saturated carbocycles. The van der Waals surface area contributed by atoms with Gasteiger partial charge in [0, 0.05) is 13.1 Å². The van der Waals surface area contributed by atoms with Crippen LogP contribution in [0.5, 0.6) is 0 Å². The molecule has 0 spiro atoms. The SMILES string of the molecule is COC(=O)CCN(Cc1ccccc1)C(=O)Cn1c(=O)oc2ccccc21. The Labute approximate surface area is 155 Å². The third-order valence-electron chi connectivity index (χ3n) is 4.25. The number of carbonyl (C=O) groups is 2. The first kappa shape index (κ1) is 18.4. The van der Waals surface area contributed by atoms with Crippen molar-refractivity contribution in [3.8, 4) is 0 Å². The van der Waals surface area contributed by atoms with Crippen molar-refractivity contribution in [2.45, 2.75) is 19.5 Å². The molecule has 2 aromatic carbocycles. The zero-order valence-electron chi connectivity index (χ0n) is 15.0. The normalized spacial score (nSPS) is 10.7. The summed E-state index contributed by atoms with van der Waals surface area (Å²) in [5.74, 6) is -1.26. The van der Waals surface area contributed by atoms with Gasteiger partial charge in [-0.05, 0) is 17.7 Å². The van der Waals surface area contributed by atoms with Crippen molar-refractivity contribution in [3.05, 3.63) is 70.7 Å². The van der Waals surface area contributed by atoms with E-state index < -0.39 is 11.7 Å². The lowest BCUT2D eigenvalue weighted by Gasteiger charge is -2.22. The largest absolute Gasteiger partial charge is 0.469 e. The van der Waals surface area contributed by atoms with E-state index in [-0.39, 0.29) is 25.4 Å². The van der Waals surface area contributed by atoms with Crippen LogP contribution in [-0.4, -0.2) is 35.0 Å². The number of amides is 1. The summed E-state index contributed by atoms with van der Waals surface area (Å²) in [4.78, 5) is 38.1. The van der Waals surface area contributed by atoms with Gasteiger partial charge in [-0.2, -0.15) is 0 Å². The molecule has 3 rings (SSSR count). The number of benzene rings is 2. The van der Waals surface area contributed by atoms with Gasteiger partial charge in [-0.15, -0.1) is 0 Å². The van der Waals surface area contributed by atoms with E-state index in [9.17, 15) is 14.4 Å². The number of aromatic nitrogens is 1. The number of oxazole rings is 1. The van der Waals surface area contributed by atoms with E-state index >= 15 is 0 Å². The lowest BCUT2D eigenvalue weighted by Crippen LogP contribution is -2.36. The fraction of sp³-hybridized carbons (Fsp3) is 0.250. The van der Waals surface area contributed by atoms with Gasteiger partial charge in [-0.3, -0.25) is 14.2 Å². The quantitative estimate of drug-likeness (QED) is 0.597. The highest BCUT2D eigenvalue weighted by atomic mass is 16.5. The molecule has 0 saturated heterocycles. The Kier molecular flexibility index (Phi) is 5.71. The molecule has 0 atom stereocenters. The van der Waals surface area contributed by atoms with Crippen LogP contribution in [0.2, 0.25) is 0 Å². The molecule has 0 N–H and O–H groups in total. The summed E-state index contributed by atoms with van der Waals surface area (Å²) in [6, 6.07) is 16.4. The van der Waals surface area contributed by atoms with E-state index in [2.05, 4.69) is 4.74 Å². The van der Waals surface area contributed by atoms with Crippen LogP contribution in [0.4, 0.5) is 0 Å². The summed E-state index contributed by atoms with van der Waals surface area (Å²) >= 11 is 0. The Morgan fingerprint density at radius 1 is 1.07 bits per heavy atom. The number of hydrogen-bond acceptors (Lipinski definition) is 5. The first-order valence-electron chi connectivity index (χ1n) is 8.55. The van der Waals surface area contributed by atoms with Crippen LogP contribution < -0.4 is 5.76 Å². The van der Waals surface area contributed by atoms with E-state index in [0.717, 1.165) is 5.56 Å². The molecule has 27 heavy (non-hydrogen) atoms. The van der Waals surface area contributed by atoms with Gasteiger partial charge < -0.3 is 14.1 Å². The average Bonchev–Trinajstić information content (AvgIpc) is 3.00. The van der Waals surface area contributed by atoms with Crippen molar-refractivity contribution in [3.63, 3.8) is 0 Å². The van der Waals surface area contributed by atoms with Gasteiger partial charge >= 0.3 is 11.7 Å². The molecule has 0 fully saturated rings. The minimum absolute atomic E-state index is 0.0795. The first-order chi connectivity index (χ1) is 13.1. The molecule has 3 aromatic rings. The van der Waals surface area contributed by atoms with Crippen LogP contribution in [0.1, 0.15) is 12.0 Å². The molecule has 0 bridgehead atoms. The van der Waals surface area contributed by atoms with Crippen LogP contribution in [0, 0.1) is 0 Å². The van der Waals surface area contributed by atoms with Gasteiger partial charge in [-0.1, -0.05) is 42.5 Å². The van der Waals surface area contributed by atoms with E-state index in [1.54, 1.807) is 29.2 Å². The van der Waals surface area contributed by atoms with Crippen molar-refractivity contribution in [1.29, 1.82) is 0 Å². The van der Waals surface area contributed by atoms with Crippen molar-refractivity contribution < 1.29 is 18.7 Å². The minimum Gasteiger partial charge on any atom is -0.469 e. The number of esters is 1. The number of methoxy groups -OCH3 is 1. The lowest BCUT2D eigenvalue weighted by atomic mass is 10.2. The first-order valence-corrected chi connectivity index (χ1v) is 8.55. The fourth-order valence-corrected chi connectivity index (χ4v) is 2.82. The van der Waals surface area contributed by atoms with Crippen LogP contribution in [0.3, 0.4) is 0 Å². The van der Waals surface area contributed by atoms with Crippen molar-refractivity contribution in [2.75, 3.05) is 13.7 Å². The number of hydrogen-bond donors (Lipinski definition) is 0. The van der Waals surface area contributed by atoms with Crippen LogP contribution in [0.25, 0.3) is 11.1 Å². The highest BCUT2D eigenvalue weighted by molar-refractivity contribution is 5.80. The molecule has 0 aliphatic rings. The van der Waals surface area contributed by atoms with E-state index in [0.29, 0.717) is 17.6 Å². The van der Waals surface area contributed by atoms with Gasteiger partial charge in [0.15, 0.2) is 5.58 Å². The Morgan fingerprint density at radius 3 is 2.52 bits per heavy atom. The number of fused-ring (bicyclic) bond motifs is 1. The molecule has 7 nitrogen and oxygen atoms in total. The third kappa shape index (κ3) is 4.44. The Balaban J connectivity index is 1.81. The predicted octanol–water partition coefficient (Wildman–Crippen LogP) is 2.19. The highest BCUT2D eigenvalue weighted by Gasteiger charge is 2.19. The summed E-state index contributed by atoms with van der Waals surface area (Å²) in [6.07, 6.45) is 0.0795. The average molecular weight is 368 g/mol. The second-order valence-electron chi connectivity index (χ2n) is 6.05. The number of ether oxygens (including phenoxy) is 1. The lowest BCUT2D eigenvalue weighted by molar-refractivity contribution is -0.142. The second-order valence-corrected chi connectivity index (χ2v) is 6.05. The highest BCUT2D eigenvalue weighted by Crippen LogP contribution is 2.13. The van der Waals surface area contributed by atoms with E-state index in [1.807, 2.05) is 30.3 Å². The molecule has 140 valence electrons. The Bertz CT molecular complexity index is 990. The van der Waals surface area contributed by atoms with Crippen molar-refractivity contribution >= 4 is 23.0 Å². The summed E-state index contributed by atoms with van der Waals surface area (Å²) in [7, 11) is 1.31. The van der Waals surface area contributed by atoms with E-state index in [1.165, 1.54) is 11.7 Å². The summed E-state index contributed by atoms with van der Waals surface area (Å²) in [6.45, 7) is 0.371. The van der Waals surface area contributed by atoms with Gasteiger partial charge in [0.25, 0.3) is 0 Å². The number of carbonyl (C=O) groups excluding carboxylic acids is 2. The van der Waals surface area contributed by atoms with Crippen molar-refractivity contribution in [1.82, 2.24) is 9.47 Å². The van der Waals surface area contributed by atoms with E-state index in [4.69, 9.17) is 4.42 Å². The molecule has 0 unspecified atom stereocenters. The molecule has 0 radical (unpaired) electrons. The Hall–Kier alpha value is -3.35. The van der Waals surface area contributed by atoms with Gasteiger partial charge in [-0.25, -0.2) is 4.79 Å². The van der Waals surface area contributed by atoms with Gasteiger partial charge in [0.2, 0.25) is 5.91 Å². The molecule has 0 aliphatic heterocycles. The summed E-state index contributed by atoms with van der Waals surface area (Å²) in [5.41, 5.74) is 1.92. The number of nitrogens with zero attached hydrogens (tertiary/aromatic N) is 2. The summed E-state index contributed by atoms with van der Waals surface area (Å²) < 4.78 is 11.1. The third-order valence-corrected chi connectivity index (χ3v) is 4.25. The molecular weight excluding hydrogens is 348 g/mol. The van der Waals surface area contributed by atoms with Gasteiger partial charge in [0.1, 0.15) is 6.54 Å². The standard InChI is InChI=1S/C20H20N2O5/c1-26-19(24)11-12-21(13-15-7-3-2-4-8-15)18(23)14-22-16-9-5-6-10-17(16)27-20(22)25/h2-10H,11-14H2,1H3. The number of rotatable bonds is 7. The smallest absolute Gasteiger partial charge is 0.420 e. The zero-order valence-corrected chi connectivity index (χ0v) is 15.0. The maximum Gasteiger partial charge on any atom is 0.420 e. The topological polar surface area (TPSA) is 81.8 Å². The molecule has 1 aromatic heterocycles. The molecule has 7 heteroatoms. The summed E-state index contributed by atoms with van der Waals surface area (Å²) in [5, 5.41) is 0. The molecule has 0 aliphatic carbocycles. The van der Waals surface area contributed by atoms with Crippen LogP contribution >= 0.6 is 0 Å². The monoisotopic (exact) mass is 368 g/mol. The van der Waals surface area contributed by atoms with Crippen LogP contribution in [-0.2, 0) is 27.4 Å².